The van der Waals surface area contributed by atoms with Crippen LogP contribution in [0.4, 0.5) is 4.39 Å². The summed E-state index contributed by atoms with van der Waals surface area (Å²) in [6.07, 6.45) is 0.486. The summed E-state index contributed by atoms with van der Waals surface area (Å²) in [6.45, 7) is 3.40. The Balaban J connectivity index is 1.95. The van der Waals surface area contributed by atoms with E-state index in [0.29, 0.717) is 17.9 Å². The number of halogens is 1. The van der Waals surface area contributed by atoms with E-state index in [1.807, 2.05) is 6.07 Å². The first kappa shape index (κ1) is 27.1. The number of nitrogens with one attached hydrogen (secondary N) is 1. The van der Waals surface area contributed by atoms with Crippen molar-refractivity contribution in [3.8, 4) is 11.5 Å². The first-order valence-electron chi connectivity index (χ1n) is 10.6. The number of methoxy groups -OCH3 is 2. The number of amides is 1. The molecular formula is C23H29FN2O7S. The lowest BCUT2D eigenvalue weighted by Gasteiger charge is -2.18. The van der Waals surface area contributed by atoms with Crippen molar-refractivity contribution in [2.75, 3.05) is 40.5 Å². The molecule has 1 N–H and O–H groups in total. The minimum Gasteiger partial charge on any atom is -0.493 e. The number of carbonyl (C=O) groups is 2. The summed E-state index contributed by atoms with van der Waals surface area (Å²) in [5.41, 5.74) is 0.328. The second-order valence-corrected chi connectivity index (χ2v) is 9.03. The molecule has 0 unspecified atom stereocenters. The van der Waals surface area contributed by atoms with Gasteiger partial charge >= 0.3 is 5.97 Å². The lowest BCUT2D eigenvalue weighted by atomic mass is 10.1. The Morgan fingerprint density at radius 2 is 1.68 bits per heavy atom. The topological polar surface area (TPSA) is 111 Å². The average molecular weight is 497 g/mol. The number of ether oxygens (including phenoxy) is 3. The molecule has 0 heterocycles. The van der Waals surface area contributed by atoms with Gasteiger partial charge in [-0.05, 0) is 42.3 Å². The third kappa shape index (κ3) is 6.67. The molecule has 0 bridgehead atoms. The zero-order chi connectivity index (χ0) is 25.3. The van der Waals surface area contributed by atoms with Gasteiger partial charge in [0.1, 0.15) is 5.82 Å². The Morgan fingerprint density at radius 3 is 2.29 bits per heavy atom. The zero-order valence-electron chi connectivity index (χ0n) is 19.6. The van der Waals surface area contributed by atoms with Crippen molar-refractivity contribution >= 4 is 21.9 Å². The zero-order valence-corrected chi connectivity index (χ0v) is 20.4. The van der Waals surface area contributed by atoms with Crippen molar-refractivity contribution in [2.24, 2.45) is 0 Å². The monoisotopic (exact) mass is 496 g/mol. The van der Waals surface area contributed by atoms with E-state index in [9.17, 15) is 22.4 Å². The largest absolute Gasteiger partial charge is 0.493 e. The highest BCUT2D eigenvalue weighted by Gasteiger charge is 2.25. The summed E-state index contributed by atoms with van der Waals surface area (Å²) in [6, 6.07) is 8.25. The van der Waals surface area contributed by atoms with Crippen LogP contribution in [0, 0.1) is 5.82 Å². The molecule has 0 aromatic heterocycles. The van der Waals surface area contributed by atoms with E-state index in [1.165, 1.54) is 18.5 Å². The summed E-state index contributed by atoms with van der Waals surface area (Å²) >= 11 is 0. The molecule has 0 saturated carbocycles. The van der Waals surface area contributed by atoms with Crippen molar-refractivity contribution in [3.05, 3.63) is 53.3 Å². The molecule has 2 aromatic rings. The number of hydrogen-bond donors (Lipinski definition) is 1. The van der Waals surface area contributed by atoms with Crippen LogP contribution in [-0.2, 0) is 26.0 Å². The maximum Gasteiger partial charge on any atom is 0.341 e. The van der Waals surface area contributed by atoms with Crippen LogP contribution in [-0.4, -0.2) is 65.1 Å². The molecule has 11 heteroatoms. The Morgan fingerprint density at radius 1 is 1.00 bits per heavy atom. The minimum absolute atomic E-state index is 0.222. The third-order valence-corrected chi connectivity index (χ3v) is 7.06. The number of nitrogens with zero attached hydrogens (tertiary/aromatic N) is 1. The van der Waals surface area contributed by atoms with Gasteiger partial charge < -0.3 is 19.5 Å². The van der Waals surface area contributed by atoms with Gasteiger partial charge in [0.2, 0.25) is 10.0 Å². The summed E-state index contributed by atoms with van der Waals surface area (Å²) in [5.74, 6) is -1.52. The van der Waals surface area contributed by atoms with Gasteiger partial charge in [0.05, 0.1) is 24.7 Å². The molecule has 9 nitrogen and oxygen atoms in total. The predicted octanol–water partition coefficient (Wildman–Crippen LogP) is 2.39. The smallest absolute Gasteiger partial charge is 0.341 e. The van der Waals surface area contributed by atoms with Crippen molar-refractivity contribution in [1.82, 2.24) is 9.62 Å². The fourth-order valence-corrected chi connectivity index (χ4v) is 4.66. The molecule has 0 saturated heterocycles. The van der Waals surface area contributed by atoms with Crippen LogP contribution >= 0.6 is 0 Å². The number of carbonyl (C=O) groups excluding carboxylic acids is 2. The second-order valence-electron chi connectivity index (χ2n) is 7.10. The highest BCUT2D eigenvalue weighted by Crippen LogP contribution is 2.27. The lowest BCUT2D eigenvalue weighted by molar-refractivity contribution is -0.124. The molecule has 0 fully saturated rings. The van der Waals surface area contributed by atoms with Gasteiger partial charge in [-0.25, -0.2) is 17.6 Å². The van der Waals surface area contributed by atoms with Crippen LogP contribution in [0.1, 0.15) is 29.8 Å². The van der Waals surface area contributed by atoms with Crippen LogP contribution in [0.3, 0.4) is 0 Å². The molecular weight excluding hydrogens is 467 g/mol. The van der Waals surface area contributed by atoms with E-state index in [-0.39, 0.29) is 24.5 Å². The molecule has 0 atom stereocenters. The summed E-state index contributed by atoms with van der Waals surface area (Å²) in [7, 11) is -0.834. The minimum atomic E-state index is -3.89. The summed E-state index contributed by atoms with van der Waals surface area (Å²) in [5, 5.41) is 2.60. The van der Waals surface area contributed by atoms with Crippen molar-refractivity contribution < 1.29 is 36.6 Å². The molecule has 2 rings (SSSR count). The number of sulfonamides is 1. The summed E-state index contributed by atoms with van der Waals surface area (Å²) in [4.78, 5) is 24.1. The van der Waals surface area contributed by atoms with E-state index in [2.05, 4.69) is 5.32 Å². The Labute approximate surface area is 198 Å². The van der Waals surface area contributed by atoms with E-state index in [0.717, 1.165) is 23.8 Å². The van der Waals surface area contributed by atoms with Gasteiger partial charge in [-0.1, -0.05) is 19.9 Å². The number of esters is 1. The SMILES string of the molecule is CCN(CC)S(=O)(=O)c1ccc(F)c(C(=O)OCC(=O)NCCc2ccc(OC)c(OC)c2)c1. The number of rotatable bonds is 12. The first-order valence-corrected chi connectivity index (χ1v) is 12.1. The van der Waals surface area contributed by atoms with Gasteiger partial charge in [0.15, 0.2) is 18.1 Å². The molecule has 0 spiro atoms. The highest BCUT2D eigenvalue weighted by atomic mass is 32.2. The van der Waals surface area contributed by atoms with E-state index in [4.69, 9.17) is 14.2 Å². The first-order chi connectivity index (χ1) is 16.2. The Bertz CT molecular complexity index is 1120. The van der Waals surface area contributed by atoms with Crippen LogP contribution in [0.2, 0.25) is 0 Å². The van der Waals surface area contributed by atoms with E-state index in [1.54, 1.807) is 26.0 Å². The van der Waals surface area contributed by atoms with Crippen LogP contribution in [0.5, 0.6) is 11.5 Å². The van der Waals surface area contributed by atoms with Crippen LogP contribution in [0.15, 0.2) is 41.3 Å². The molecule has 2 aromatic carbocycles. The van der Waals surface area contributed by atoms with E-state index < -0.39 is 39.9 Å². The summed E-state index contributed by atoms with van der Waals surface area (Å²) < 4.78 is 55.9. The molecule has 34 heavy (non-hydrogen) atoms. The predicted molar refractivity (Wildman–Crippen MR) is 123 cm³/mol. The Kier molecular flexibility index (Phi) is 9.82. The standard InChI is InChI=1S/C23H29FN2O7S/c1-5-26(6-2)34(29,30)17-8-9-19(24)18(14-17)23(28)33-15-22(27)25-12-11-16-7-10-20(31-3)21(13-16)32-4/h7-10,13-14H,5-6,11-12,15H2,1-4H3,(H,25,27). The van der Waals surface area contributed by atoms with Gasteiger partial charge in [-0.3, -0.25) is 4.79 Å². The van der Waals surface area contributed by atoms with Crippen molar-refractivity contribution in [1.29, 1.82) is 0 Å². The molecule has 0 aliphatic carbocycles. The third-order valence-electron chi connectivity index (χ3n) is 5.02. The molecule has 0 aliphatic rings. The van der Waals surface area contributed by atoms with Crippen LogP contribution < -0.4 is 14.8 Å². The molecule has 0 radical (unpaired) electrons. The van der Waals surface area contributed by atoms with Crippen molar-refractivity contribution in [3.63, 3.8) is 0 Å². The van der Waals surface area contributed by atoms with Gasteiger partial charge in [-0.15, -0.1) is 0 Å². The molecule has 0 aliphatic heterocycles. The van der Waals surface area contributed by atoms with Gasteiger partial charge in [-0.2, -0.15) is 4.31 Å². The average Bonchev–Trinajstić information content (AvgIpc) is 2.83. The molecule has 1 amide bonds. The lowest BCUT2D eigenvalue weighted by Crippen LogP contribution is -2.31. The Hall–Kier alpha value is -3.18. The fourth-order valence-electron chi connectivity index (χ4n) is 3.18. The number of hydrogen-bond acceptors (Lipinski definition) is 7. The number of benzene rings is 2. The van der Waals surface area contributed by atoms with Gasteiger partial charge in [0.25, 0.3) is 5.91 Å². The fraction of sp³-hybridized carbons (Fsp3) is 0.391. The second kappa shape index (κ2) is 12.3. The van der Waals surface area contributed by atoms with Crippen molar-refractivity contribution in [2.45, 2.75) is 25.2 Å². The molecule has 186 valence electrons. The maximum absolute atomic E-state index is 14.2. The van der Waals surface area contributed by atoms with E-state index >= 15 is 0 Å². The highest BCUT2D eigenvalue weighted by molar-refractivity contribution is 7.89. The maximum atomic E-state index is 14.2. The van der Waals surface area contributed by atoms with Crippen LogP contribution in [0.25, 0.3) is 0 Å². The van der Waals surface area contributed by atoms with Gasteiger partial charge in [0, 0.05) is 19.6 Å². The quantitative estimate of drug-likeness (QED) is 0.449. The normalized spacial score (nSPS) is 11.2.